The van der Waals surface area contributed by atoms with Crippen LogP contribution < -0.4 is 0 Å². The number of thioether (sulfide) groups is 1. The van der Waals surface area contributed by atoms with Crippen LogP contribution in [0.2, 0.25) is 0 Å². The zero-order chi connectivity index (χ0) is 14.1. The number of nitrogens with zero attached hydrogens (tertiary/aromatic N) is 2. The summed E-state index contributed by atoms with van der Waals surface area (Å²) in [6.45, 7) is -0.759. The van der Waals surface area contributed by atoms with Crippen LogP contribution in [0.4, 0.5) is 4.79 Å². The smallest absolute Gasteiger partial charge is 0.323 e. The molecule has 0 radical (unpaired) electrons. The maximum atomic E-state index is 11.8. The van der Waals surface area contributed by atoms with E-state index in [-0.39, 0.29) is 0 Å². The molecule has 0 aliphatic carbocycles. The van der Waals surface area contributed by atoms with Gasteiger partial charge in [0.1, 0.15) is 13.1 Å². The highest BCUT2D eigenvalue weighted by Crippen LogP contribution is 2.01. The normalized spacial score (nSPS) is 9.89. The maximum Gasteiger partial charge on any atom is 0.323 e. The second-order valence-electron chi connectivity index (χ2n) is 3.69. The van der Waals surface area contributed by atoms with Gasteiger partial charge in [-0.05, 0) is 18.4 Å². The Labute approximate surface area is 110 Å². The van der Waals surface area contributed by atoms with Crippen molar-refractivity contribution in [3.63, 3.8) is 0 Å². The van der Waals surface area contributed by atoms with E-state index < -0.39 is 31.1 Å². The Balaban J connectivity index is 4.42. The van der Waals surface area contributed by atoms with E-state index in [4.69, 9.17) is 10.2 Å². The Bertz CT molecular complexity index is 295. The molecule has 0 atom stereocenters. The van der Waals surface area contributed by atoms with Crippen LogP contribution in [0.25, 0.3) is 0 Å². The van der Waals surface area contributed by atoms with Gasteiger partial charge in [0.2, 0.25) is 0 Å². The number of carboxylic acids is 2. The Morgan fingerprint density at radius 1 is 1.11 bits per heavy atom. The molecule has 0 aromatic rings. The lowest BCUT2D eigenvalue weighted by Crippen LogP contribution is -2.46. The van der Waals surface area contributed by atoms with E-state index in [9.17, 15) is 14.4 Å². The summed E-state index contributed by atoms with van der Waals surface area (Å²) in [5.41, 5.74) is 0. The molecule has 0 aliphatic rings. The second kappa shape index (κ2) is 8.62. The van der Waals surface area contributed by atoms with Crippen molar-refractivity contribution in [2.24, 2.45) is 0 Å². The molecule has 18 heavy (non-hydrogen) atoms. The summed E-state index contributed by atoms with van der Waals surface area (Å²) in [6.07, 6.45) is 2.72. The fourth-order valence-corrected chi connectivity index (χ4v) is 1.72. The number of hydrogen-bond acceptors (Lipinski definition) is 4. The van der Waals surface area contributed by atoms with Crippen LogP contribution in [0.1, 0.15) is 6.42 Å². The average molecular weight is 278 g/mol. The van der Waals surface area contributed by atoms with Gasteiger partial charge in [-0.2, -0.15) is 11.8 Å². The predicted octanol–water partition coefficient (Wildman–Crippen LogP) is 0.263. The highest BCUT2D eigenvalue weighted by molar-refractivity contribution is 7.98. The van der Waals surface area contributed by atoms with Gasteiger partial charge >= 0.3 is 18.0 Å². The molecule has 0 bridgehead atoms. The van der Waals surface area contributed by atoms with Crippen molar-refractivity contribution in [2.75, 3.05) is 38.7 Å². The van der Waals surface area contributed by atoms with Crippen LogP contribution in [-0.2, 0) is 9.59 Å². The molecule has 7 nitrogen and oxygen atoms in total. The first-order valence-electron chi connectivity index (χ1n) is 5.31. The van der Waals surface area contributed by atoms with Crippen molar-refractivity contribution in [1.82, 2.24) is 9.80 Å². The Morgan fingerprint density at radius 2 is 1.61 bits per heavy atom. The number of urea groups is 1. The van der Waals surface area contributed by atoms with Crippen molar-refractivity contribution in [1.29, 1.82) is 0 Å². The number of carbonyl (C=O) groups excluding carboxylic acids is 1. The third-order valence-corrected chi connectivity index (χ3v) is 2.79. The fraction of sp³-hybridized carbons (Fsp3) is 0.700. The lowest BCUT2D eigenvalue weighted by atomic mass is 10.4. The zero-order valence-corrected chi connectivity index (χ0v) is 11.3. The summed E-state index contributed by atoms with van der Waals surface area (Å²) in [6, 6.07) is -0.582. The summed E-state index contributed by atoms with van der Waals surface area (Å²) in [5, 5.41) is 17.3. The standard InChI is InChI=1S/C10H18N2O5S/c1-11(4-3-5-18-2)10(17)12(6-8(13)14)7-9(15)16/h3-7H2,1-2H3,(H,13,14)(H,15,16). The fourth-order valence-electron chi connectivity index (χ4n) is 1.30. The van der Waals surface area contributed by atoms with Gasteiger partial charge in [0.25, 0.3) is 0 Å². The van der Waals surface area contributed by atoms with E-state index in [1.165, 1.54) is 11.9 Å². The minimum absolute atomic E-state index is 0.468. The molecule has 0 rings (SSSR count). The summed E-state index contributed by atoms with van der Waals surface area (Å²) in [5.74, 6) is -1.58. The van der Waals surface area contributed by atoms with Crippen LogP contribution >= 0.6 is 11.8 Å². The van der Waals surface area contributed by atoms with Gasteiger partial charge < -0.3 is 20.0 Å². The highest BCUT2D eigenvalue weighted by Gasteiger charge is 2.22. The summed E-state index contributed by atoms with van der Waals surface area (Å²) >= 11 is 1.65. The molecule has 0 aromatic carbocycles. The number of carboxylic acid groups (broad SMARTS) is 2. The van der Waals surface area contributed by atoms with Gasteiger partial charge in [-0.1, -0.05) is 0 Å². The van der Waals surface area contributed by atoms with Crippen LogP contribution in [0.3, 0.4) is 0 Å². The molecular formula is C10H18N2O5S. The van der Waals surface area contributed by atoms with Crippen LogP contribution in [0, 0.1) is 0 Å². The first-order chi connectivity index (χ1) is 8.38. The molecule has 0 aromatic heterocycles. The lowest BCUT2D eigenvalue weighted by Gasteiger charge is -2.25. The summed E-state index contributed by atoms with van der Waals surface area (Å²) in [7, 11) is 1.53. The van der Waals surface area contributed by atoms with Crippen LogP contribution in [-0.4, -0.2) is 76.7 Å². The van der Waals surface area contributed by atoms with Crippen molar-refractivity contribution >= 4 is 29.7 Å². The third kappa shape index (κ3) is 7.00. The Kier molecular flexibility index (Phi) is 7.93. The number of rotatable bonds is 8. The Morgan fingerprint density at radius 3 is 2.00 bits per heavy atom. The van der Waals surface area contributed by atoms with E-state index in [0.717, 1.165) is 17.1 Å². The molecule has 0 saturated carbocycles. The molecular weight excluding hydrogens is 260 g/mol. The van der Waals surface area contributed by atoms with Crippen molar-refractivity contribution in [3.8, 4) is 0 Å². The minimum Gasteiger partial charge on any atom is -0.480 e. The summed E-state index contributed by atoms with van der Waals surface area (Å²) in [4.78, 5) is 35.1. The van der Waals surface area contributed by atoms with E-state index in [0.29, 0.717) is 6.54 Å². The van der Waals surface area contributed by atoms with Crippen molar-refractivity contribution in [3.05, 3.63) is 0 Å². The number of amides is 2. The molecule has 2 amide bonds. The van der Waals surface area contributed by atoms with Gasteiger partial charge in [-0.15, -0.1) is 0 Å². The molecule has 0 aliphatic heterocycles. The van der Waals surface area contributed by atoms with Gasteiger partial charge in [0, 0.05) is 13.6 Å². The average Bonchev–Trinajstić information content (AvgIpc) is 2.26. The molecule has 2 N–H and O–H groups in total. The molecule has 0 unspecified atom stereocenters. The topological polar surface area (TPSA) is 98.2 Å². The first-order valence-corrected chi connectivity index (χ1v) is 6.70. The minimum atomic E-state index is -1.23. The first kappa shape index (κ1) is 16.6. The van der Waals surface area contributed by atoms with Crippen molar-refractivity contribution in [2.45, 2.75) is 6.42 Å². The largest absolute Gasteiger partial charge is 0.480 e. The summed E-state index contributed by atoms with van der Waals surface area (Å²) < 4.78 is 0. The highest BCUT2D eigenvalue weighted by atomic mass is 32.2. The SMILES string of the molecule is CSCCCN(C)C(=O)N(CC(=O)O)CC(=O)O. The van der Waals surface area contributed by atoms with E-state index in [2.05, 4.69) is 0 Å². The number of hydrogen-bond donors (Lipinski definition) is 2. The maximum absolute atomic E-state index is 11.8. The molecule has 0 spiro atoms. The predicted molar refractivity (Wildman–Crippen MR) is 67.9 cm³/mol. The van der Waals surface area contributed by atoms with Crippen LogP contribution in [0.15, 0.2) is 0 Å². The number of carbonyl (C=O) groups is 3. The third-order valence-electron chi connectivity index (χ3n) is 2.09. The molecule has 0 heterocycles. The van der Waals surface area contributed by atoms with E-state index in [1.54, 1.807) is 11.8 Å². The number of aliphatic carboxylic acids is 2. The Hall–Kier alpha value is -1.44. The van der Waals surface area contributed by atoms with E-state index >= 15 is 0 Å². The molecule has 104 valence electrons. The van der Waals surface area contributed by atoms with Gasteiger partial charge in [0.05, 0.1) is 0 Å². The van der Waals surface area contributed by atoms with Gasteiger partial charge in [0.15, 0.2) is 0 Å². The lowest BCUT2D eigenvalue weighted by molar-refractivity contribution is -0.140. The monoisotopic (exact) mass is 278 g/mol. The van der Waals surface area contributed by atoms with Crippen LogP contribution in [0.5, 0.6) is 0 Å². The molecule has 8 heteroatoms. The zero-order valence-electron chi connectivity index (χ0n) is 10.5. The van der Waals surface area contributed by atoms with Crippen molar-refractivity contribution < 1.29 is 24.6 Å². The molecule has 0 saturated heterocycles. The van der Waals surface area contributed by atoms with Gasteiger partial charge in [-0.3, -0.25) is 9.59 Å². The van der Waals surface area contributed by atoms with Gasteiger partial charge in [-0.25, -0.2) is 4.79 Å². The van der Waals surface area contributed by atoms with E-state index in [1.807, 2.05) is 6.26 Å². The second-order valence-corrected chi connectivity index (χ2v) is 4.68. The quantitative estimate of drug-likeness (QED) is 0.618. The molecule has 0 fully saturated rings.